The van der Waals surface area contributed by atoms with E-state index in [-0.39, 0.29) is 0 Å². The molecule has 0 fully saturated rings. The van der Waals surface area contributed by atoms with Crippen molar-refractivity contribution in [3.05, 3.63) is 21.3 Å². The first-order chi connectivity index (χ1) is 6.50. The van der Waals surface area contributed by atoms with Crippen molar-refractivity contribution in [1.82, 2.24) is 5.32 Å². The highest BCUT2D eigenvalue weighted by Crippen LogP contribution is 2.27. The summed E-state index contributed by atoms with van der Waals surface area (Å²) in [6, 6.07) is 4.98. The quantitative estimate of drug-likeness (QED) is 0.823. The lowest BCUT2D eigenvalue weighted by molar-refractivity contribution is 0.391. The Balaban J connectivity index is 2.54. The van der Waals surface area contributed by atoms with Crippen LogP contribution in [0.5, 0.6) is 0 Å². The molecule has 1 aromatic rings. The molecule has 0 radical (unpaired) electrons. The van der Waals surface area contributed by atoms with E-state index in [0.29, 0.717) is 18.0 Å². The molecule has 14 heavy (non-hydrogen) atoms. The molecule has 1 N–H and O–H groups in total. The summed E-state index contributed by atoms with van der Waals surface area (Å²) in [6.45, 7) is 8.86. The van der Waals surface area contributed by atoms with Gasteiger partial charge in [0.15, 0.2) is 0 Å². The molecular weight excluding hydrogens is 214 g/mol. The zero-order valence-corrected chi connectivity index (χ0v) is 10.7. The Hall–Kier alpha value is -0.0500. The zero-order chi connectivity index (χ0) is 10.7. The van der Waals surface area contributed by atoms with Gasteiger partial charge in [0, 0.05) is 17.0 Å². The third-order valence-electron chi connectivity index (χ3n) is 2.53. The Kier molecular flexibility index (Phi) is 4.42. The summed E-state index contributed by atoms with van der Waals surface area (Å²) in [4.78, 5) is 1.31. The Bertz CT molecular complexity index is 283. The van der Waals surface area contributed by atoms with Gasteiger partial charge >= 0.3 is 0 Å². The number of thiophene rings is 1. The number of rotatable bonds is 4. The third kappa shape index (κ3) is 3.26. The second-order valence-electron chi connectivity index (χ2n) is 4.06. The van der Waals surface area contributed by atoms with Crippen molar-refractivity contribution in [3.8, 4) is 0 Å². The minimum atomic E-state index is 0.393. The lowest BCUT2D eigenvalue weighted by Gasteiger charge is -2.22. The lowest BCUT2D eigenvalue weighted by Crippen LogP contribution is -2.32. The molecule has 1 nitrogen and oxygen atoms in total. The molecule has 2 atom stereocenters. The van der Waals surface area contributed by atoms with Crippen LogP contribution in [0.15, 0.2) is 12.1 Å². The summed E-state index contributed by atoms with van der Waals surface area (Å²) >= 11 is 7.55. The molecule has 0 unspecified atom stereocenters. The van der Waals surface area contributed by atoms with E-state index in [4.69, 9.17) is 11.6 Å². The molecule has 0 aliphatic heterocycles. The molecule has 0 spiro atoms. The summed E-state index contributed by atoms with van der Waals surface area (Å²) in [5.41, 5.74) is 0. The molecule has 0 bridgehead atoms. The van der Waals surface area contributed by atoms with Crippen LogP contribution in [0.4, 0.5) is 0 Å². The Morgan fingerprint density at radius 2 is 1.86 bits per heavy atom. The third-order valence-corrected chi connectivity index (χ3v) is 3.95. The van der Waals surface area contributed by atoms with Gasteiger partial charge in [-0.15, -0.1) is 11.3 Å². The van der Waals surface area contributed by atoms with Crippen molar-refractivity contribution in [2.75, 3.05) is 0 Å². The van der Waals surface area contributed by atoms with Gasteiger partial charge in [0.2, 0.25) is 0 Å². The fourth-order valence-electron chi connectivity index (χ4n) is 1.23. The smallest absolute Gasteiger partial charge is 0.0931 e. The highest BCUT2D eigenvalue weighted by atomic mass is 35.5. The molecule has 1 heterocycles. The molecule has 0 aliphatic rings. The fourth-order valence-corrected chi connectivity index (χ4v) is 2.30. The van der Waals surface area contributed by atoms with Crippen LogP contribution in [0, 0.1) is 5.92 Å². The molecule has 0 aromatic carbocycles. The predicted octanol–water partition coefficient (Wildman–Crippen LogP) is 4.10. The molecular formula is C11H18ClNS. The molecule has 1 rings (SSSR count). The topological polar surface area (TPSA) is 12.0 Å². The summed E-state index contributed by atoms with van der Waals surface area (Å²) in [6.07, 6.45) is 0. The molecule has 3 heteroatoms. The van der Waals surface area contributed by atoms with Crippen LogP contribution in [-0.2, 0) is 0 Å². The number of hydrogen-bond donors (Lipinski definition) is 1. The average molecular weight is 232 g/mol. The summed E-state index contributed by atoms with van der Waals surface area (Å²) in [5, 5.41) is 3.56. The van der Waals surface area contributed by atoms with Crippen LogP contribution in [0.2, 0.25) is 4.34 Å². The van der Waals surface area contributed by atoms with Crippen LogP contribution < -0.4 is 5.32 Å². The standard InChI is InChI=1S/C11H18ClNS/c1-7(2)8(3)13-9(4)10-5-6-11(12)14-10/h5-9,13H,1-4H3/t8-,9+/m1/s1. The van der Waals surface area contributed by atoms with E-state index in [1.807, 2.05) is 6.07 Å². The van der Waals surface area contributed by atoms with Crippen molar-refractivity contribution in [2.45, 2.75) is 39.8 Å². The molecule has 0 amide bonds. The second-order valence-corrected chi connectivity index (χ2v) is 5.81. The van der Waals surface area contributed by atoms with Gasteiger partial charge in [-0.2, -0.15) is 0 Å². The normalized spacial score (nSPS) is 15.9. The van der Waals surface area contributed by atoms with Crippen molar-refractivity contribution in [1.29, 1.82) is 0 Å². The average Bonchev–Trinajstić information content (AvgIpc) is 2.51. The maximum absolute atomic E-state index is 5.89. The minimum absolute atomic E-state index is 0.393. The summed E-state index contributed by atoms with van der Waals surface area (Å²) in [5.74, 6) is 0.660. The van der Waals surface area contributed by atoms with Gasteiger partial charge in [0.05, 0.1) is 4.34 Å². The van der Waals surface area contributed by atoms with Crippen LogP contribution in [0.25, 0.3) is 0 Å². The number of nitrogens with one attached hydrogen (secondary N) is 1. The fraction of sp³-hybridized carbons (Fsp3) is 0.636. The van der Waals surface area contributed by atoms with E-state index >= 15 is 0 Å². The van der Waals surface area contributed by atoms with Gasteiger partial charge in [-0.3, -0.25) is 0 Å². The van der Waals surface area contributed by atoms with Gasteiger partial charge in [-0.25, -0.2) is 0 Å². The maximum Gasteiger partial charge on any atom is 0.0931 e. The van der Waals surface area contributed by atoms with Gasteiger partial charge in [-0.05, 0) is 31.9 Å². The van der Waals surface area contributed by atoms with Gasteiger partial charge < -0.3 is 5.32 Å². The summed E-state index contributed by atoms with van der Waals surface area (Å²) < 4.78 is 0.867. The van der Waals surface area contributed by atoms with E-state index in [0.717, 1.165) is 4.34 Å². The highest BCUT2D eigenvalue weighted by molar-refractivity contribution is 7.16. The van der Waals surface area contributed by atoms with E-state index in [2.05, 4.69) is 39.1 Å². The lowest BCUT2D eigenvalue weighted by atomic mass is 10.1. The summed E-state index contributed by atoms with van der Waals surface area (Å²) in [7, 11) is 0. The maximum atomic E-state index is 5.89. The van der Waals surface area contributed by atoms with Crippen molar-refractivity contribution in [2.24, 2.45) is 5.92 Å². The molecule has 1 aromatic heterocycles. The monoisotopic (exact) mass is 231 g/mol. The first-order valence-electron chi connectivity index (χ1n) is 5.02. The van der Waals surface area contributed by atoms with Crippen LogP contribution in [-0.4, -0.2) is 6.04 Å². The van der Waals surface area contributed by atoms with Gasteiger partial charge in [0.25, 0.3) is 0 Å². The SMILES string of the molecule is CC(C)[C@@H](C)N[C@@H](C)c1ccc(Cl)s1. The van der Waals surface area contributed by atoms with E-state index in [1.54, 1.807) is 11.3 Å². The first-order valence-corrected chi connectivity index (χ1v) is 6.21. The number of halogens is 1. The van der Waals surface area contributed by atoms with E-state index < -0.39 is 0 Å². The highest BCUT2D eigenvalue weighted by Gasteiger charge is 2.13. The minimum Gasteiger partial charge on any atom is -0.307 e. The second kappa shape index (κ2) is 5.15. The van der Waals surface area contributed by atoms with Crippen LogP contribution in [0.3, 0.4) is 0 Å². The molecule has 0 saturated heterocycles. The Morgan fingerprint density at radius 3 is 2.29 bits per heavy atom. The van der Waals surface area contributed by atoms with Crippen LogP contribution in [0.1, 0.15) is 38.6 Å². The zero-order valence-electron chi connectivity index (χ0n) is 9.17. The van der Waals surface area contributed by atoms with Gasteiger partial charge in [-0.1, -0.05) is 25.4 Å². The number of hydrogen-bond acceptors (Lipinski definition) is 2. The Labute approximate surface area is 95.5 Å². The molecule has 0 aliphatic carbocycles. The largest absolute Gasteiger partial charge is 0.307 e. The van der Waals surface area contributed by atoms with Crippen molar-refractivity contribution >= 4 is 22.9 Å². The van der Waals surface area contributed by atoms with Crippen molar-refractivity contribution < 1.29 is 0 Å². The van der Waals surface area contributed by atoms with Gasteiger partial charge in [0.1, 0.15) is 0 Å². The molecule has 80 valence electrons. The van der Waals surface area contributed by atoms with Crippen molar-refractivity contribution in [3.63, 3.8) is 0 Å². The van der Waals surface area contributed by atoms with E-state index in [9.17, 15) is 0 Å². The van der Waals surface area contributed by atoms with Crippen LogP contribution >= 0.6 is 22.9 Å². The molecule has 0 saturated carbocycles. The Morgan fingerprint density at radius 1 is 1.21 bits per heavy atom. The first kappa shape index (κ1) is 12.0. The predicted molar refractivity (Wildman–Crippen MR) is 65.2 cm³/mol. The van der Waals surface area contributed by atoms with E-state index in [1.165, 1.54) is 4.88 Å².